The fraction of sp³-hybridized carbons (Fsp3) is 0.750. The summed E-state index contributed by atoms with van der Waals surface area (Å²) in [7, 11) is 0. The second-order valence-corrected chi connectivity index (χ2v) is 5.43. The van der Waals surface area contributed by atoms with Crippen LogP contribution in [0.15, 0.2) is 10.9 Å². The van der Waals surface area contributed by atoms with Crippen molar-refractivity contribution in [3.05, 3.63) is 16.6 Å². The van der Waals surface area contributed by atoms with Crippen LogP contribution in [0.2, 0.25) is 0 Å². The van der Waals surface area contributed by atoms with E-state index in [9.17, 15) is 0 Å². The molecule has 2 atom stereocenters. The highest BCUT2D eigenvalue weighted by Crippen LogP contribution is 2.29. The third-order valence-corrected chi connectivity index (χ3v) is 4.33. The molecule has 0 radical (unpaired) electrons. The molecule has 88 valence electrons. The molecule has 1 aliphatic carbocycles. The molecule has 2 fully saturated rings. The highest BCUT2D eigenvalue weighted by Gasteiger charge is 2.34. The summed E-state index contributed by atoms with van der Waals surface area (Å²) in [5.41, 5.74) is 3.14. The standard InChI is InChI=1S/C12H18N2OS/c1-2-4-12-11(3-1)14(5-6-15-12)7-10-8-16-9-13-10/h8-9,11-12H,1-7H2/t11-,12-/m1/s1. The lowest BCUT2D eigenvalue weighted by Gasteiger charge is -2.43. The first kappa shape index (κ1) is 10.7. The number of ether oxygens (including phenoxy) is 1. The van der Waals surface area contributed by atoms with Crippen LogP contribution in [-0.4, -0.2) is 35.2 Å². The molecule has 1 aliphatic heterocycles. The number of rotatable bonds is 2. The van der Waals surface area contributed by atoms with E-state index in [-0.39, 0.29) is 0 Å². The van der Waals surface area contributed by atoms with Crippen LogP contribution < -0.4 is 0 Å². The number of morpholine rings is 1. The van der Waals surface area contributed by atoms with Gasteiger partial charge >= 0.3 is 0 Å². The van der Waals surface area contributed by atoms with Crippen molar-refractivity contribution < 1.29 is 4.74 Å². The van der Waals surface area contributed by atoms with E-state index in [0.717, 1.165) is 19.7 Å². The summed E-state index contributed by atoms with van der Waals surface area (Å²) >= 11 is 1.69. The van der Waals surface area contributed by atoms with E-state index in [1.54, 1.807) is 11.3 Å². The molecule has 3 nitrogen and oxygen atoms in total. The van der Waals surface area contributed by atoms with E-state index in [1.807, 2.05) is 5.51 Å². The Labute approximate surface area is 100 Å². The first-order valence-electron chi connectivity index (χ1n) is 6.16. The van der Waals surface area contributed by atoms with Gasteiger partial charge in [0.25, 0.3) is 0 Å². The van der Waals surface area contributed by atoms with E-state index in [1.165, 1.54) is 31.4 Å². The Balaban J connectivity index is 1.68. The highest BCUT2D eigenvalue weighted by atomic mass is 32.1. The lowest BCUT2D eigenvalue weighted by molar-refractivity contribution is -0.0914. The first-order valence-corrected chi connectivity index (χ1v) is 7.10. The largest absolute Gasteiger partial charge is 0.375 e. The van der Waals surface area contributed by atoms with Gasteiger partial charge in [-0.3, -0.25) is 4.90 Å². The van der Waals surface area contributed by atoms with Crippen LogP contribution in [0.4, 0.5) is 0 Å². The van der Waals surface area contributed by atoms with Gasteiger partial charge in [-0.25, -0.2) is 4.98 Å². The molecule has 0 N–H and O–H groups in total. The average Bonchev–Trinajstić information content (AvgIpc) is 2.82. The second kappa shape index (κ2) is 4.82. The fourth-order valence-corrected chi connectivity index (χ4v) is 3.45. The van der Waals surface area contributed by atoms with Gasteiger partial charge in [-0.2, -0.15) is 0 Å². The molecule has 0 unspecified atom stereocenters. The van der Waals surface area contributed by atoms with Crippen molar-refractivity contribution in [2.45, 2.75) is 44.4 Å². The molecule has 4 heteroatoms. The van der Waals surface area contributed by atoms with E-state index < -0.39 is 0 Å². The van der Waals surface area contributed by atoms with E-state index >= 15 is 0 Å². The molecule has 1 aromatic rings. The lowest BCUT2D eigenvalue weighted by atomic mass is 9.90. The zero-order chi connectivity index (χ0) is 10.8. The van der Waals surface area contributed by atoms with Gasteiger partial charge in [0.05, 0.1) is 23.9 Å². The Morgan fingerprint density at radius 3 is 3.25 bits per heavy atom. The summed E-state index contributed by atoms with van der Waals surface area (Å²) in [6, 6.07) is 0.643. The van der Waals surface area contributed by atoms with Gasteiger partial charge in [-0.05, 0) is 12.8 Å². The molecule has 0 spiro atoms. The molecule has 16 heavy (non-hydrogen) atoms. The summed E-state index contributed by atoms with van der Waals surface area (Å²) < 4.78 is 5.87. The summed E-state index contributed by atoms with van der Waals surface area (Å²) in [6.45, 7) is 2.97. The third kappa shape index (κ3) is 2.14. The normalized spacial score (nSPS) is 31.2. The highest BCUT2D eigenvalue weighted by molar-refractivity contribution is 7.07. The number of aromatic nitrogens is 1. The van der Waals surface area contributed by atoms with Crippen molar-refractivity contribution in [3.63, 3.8) is 0 Å². The van der Waals surface area contributed by atoms with Gasteiger partial charge in [0.2, 0.25) is 0 Å². The zero-order valence-electron chi connectivity index (χ0n) is 9.47. The predicted molar refractivity (Wildman–Crippen MR) is 64.5 cm³/mol. The van der Waals surface area contributed by atoms with Crippen molar-refractivity contribution >= 4 is 11.3 Å². The maximum absolute atomic E-state index is 5.87. The van der Waals surface area contributed by atoms with Gasteiger partial charge in [-0.1, -0.05) is 12.8 Å². The molecular weight excluding hydrogens is 220 g/mol. The van der Waals surface area contributed by atoms with Crippen LogP contribution >= 0.6 is 11.3 Å². The minimum atomic E-state index is 0.487. The van der Waals surface area contributed by atoms with Crippen LogP contribution in [-0.2, 0) is 11.3 Å². The summed E-state index contributed by atoms with van der Waals surface area (Å²) in [4.78, 5) is 6.96. The maximum atomic E-state index is 5.87. The first-order chi connectivity index (χ1) is 7.93. The van der Waals surface area contributed by atoms with Gasteiger partial charge < -0.3 is 4.74 Å². The van der Waals surface area contributed by atoms with E-state index in [4.69, 9.17) is 4.74 Å². The van der Waals surface area contributed by atoms with Crippen LogP contribution in [0.5, 0.6) is 0 Å². The van der Waals surface area contributed by atoms with Crippen molar-refractivity contribution in [1.29, 1.82) is 0 Å². The SMILES string of the molecule is c1nc(CN2CCO[C@@H]3CCCC[C@H]32)cs1. The van der Waals surface area contributed by atoms with Crippen molar-refractivity contribution in [3.8, 4) is 0 Å². The van der Waals surface area contributed by atoms with Crippen LogP contribution in [0, 0.1) is 0 Å². The van der Waals surface area contributed by atoms with E-state index in [2.05, 4.69) is 15.3 Å². The fourth-order valence-electron chi connectivity index (χ4n) is 2.90. The Morgan fingerprint density at radius 2 is 2.38 bits per heavy atom. The van der Waals surface area contributed by atoms with Crippen molar-refractivity contribution in [2.75, 3.05) is 13.2 Å². The number of fused-ring (bicyclic) bond motifs is 1. The maximum Gasteiger partial charge on any atom is 0.0795 e. The van der Waals surface area contributed by atoms with Crippen molar-refractivity contribution in [1.82, 2.24) is 9.88 Å². The lowest BCUT2D eigenvalue weighted by Crippen LogP contribution is -2.52. The molecule has 2 aliphatic rings. The van der Waals surface area contributed by atoms with E-state index in [0.29, 0.717) is 12.1 Å². The topological polar surface area (TPSA) is 25.4 Å². The monoisotopic (exact) mass is 238 g/mol. The number of nitrogens with zero attached hydrogens (tertiary/aromatic N) is 2. The summed E-state index contributed by atoms with van der Waals surface area (Å²) in [5.74, 6) is 0. The van der Waals surface area contributed by atoms with Gasteiger partial charge in [-0.15, -0.1) is 11.3 Å². The van der Waals surface area contributed by atoms with Crippen LogP contribution in [0.1, 0.15) is 31.4 Å². The zero-order valence-corrected chi connectivity index (χ0v) is 10.3. The minimum Gasteiger partial charge on any atom is -0.375 e. The molecule has 0 amide bonds. The quantitative estimate of drug-likeness (QED) is 0.790. The second-order valence-electron chi connectivity index (χ2n) is 4.71. The number of hydrogen-bond donors (Lipinski definition) is 0. The third-order valence-electron chi connectivity index (χ3n) is 3.70. The molecule has 2 heterocycles. The molecule has 1 saturated carbocycles. The molecule has 3 rings (SSSR count). The Morgan fingerprint density at radius 1 is 1.44 bits per heavy atom. The minimum absolute atomic E-state index is 0.487. The number of thiazole rings is 1. The molecule has 0 aromatic carbocycles. The van der Waals surface area contributed by atoms with Crippen LogP contribution in [0.25, 0.3) is 0 Å². The Bertz CT molecular complexity index is 326. The Hall–Kier alpha value is -0.450. The molecule has 1 aromatic heterocycles. The molecule has 1 saturated heterocycles. The Kier molecular flexibility index (Phi) is 3.22. The van der Waals surface area contributed by atoms with Gasteiger partial charge in [0.15, 0.2) is 0 Å². The van der Waals surface area contributed by atoms with Gasteiger partial charge in [0, 0.05) is 24.5 Å². The van der Waals surface area contributed by atoms with Crippen molar-refractivity contribution in [2.24, 2.45) is 0 Å². The predicted octanol–water partition coefficient (Wildman–Crippen LogP) is 2.29. The summed E-state index contributed by atoms with van der Waals surface area (Å²) in [6.07, 6.45) is 5.73. The molecular formula is C12H18N2OS. The van der Waals surface area contributed by atoms with Crippen LogP contribution in [0.3, 0.4) is 0 Å². The molecule has 0 bridgehead atoms. The van der Waals surface area contributed by atoms with Gasteiger partial charge in [0.1, 0.15) is 0 Å². The number of hydrogen-bond acceptors (Lipinski definition) is 4. The summed E-state index contributed by atoms with van der Waals surface area (Å²) in [5, 5.41) is 2.16. The average molecular weight is 238 g/mol. The smallest absolute Gasteiger partial charge is 0.0795 e.